The molecule has 1 fully saturated rings. The van der Waals surface area contributed by atoms with Crippen molar-refractivity contribution >= 4 is 5.97 Å². The number of allylic oxidation sites excluding steroid dienone is 2. The van der Waals surface area contributed by atoms with Crippen LogP contribution >= 0.6 is 0 Å². The Labute approximate surface area is 364 Å². The highest BCUT2D eigenvalue weighted by Crippen LogP contribution is 2.38. The van der Waals surface area contributed by atoms with Gasteiger partial charge in [0.25, 0.3) is 0 Å². The van der Waals surface area contributed by atoms with Crippen LogP contribution in [0.25, 0.3) is 0 Å². The molecule has 4 rings (SSSR count). The predicted octanol–water partition coefficient (Wildman–Crippen LogP) is 6.01. The summed E-state index contributed by atoms with van der Waals surface area (Å²) in [5.74, 6) is 5.55. The van der Waals surface area contributed by atoms with Gasteiger partial charge >= 0.3 is 5.97 Å². The SMILES string of the molecule is CCCC[C@H](O)[C@H](O)C=CC1=C(C[C@H](O)CO)[C@H](CCC[C@H]2N[C@@H](C)CCC[C@@H]2CC(=O)O)N[C@@H]([C@@](C)(O)[C@H](CCCO)c2ccc(O)cc2)CC#Cc2ccccc2CC1. The van der Waals surface area contributed by atoms with Crippen molar-refractivity contribution in [3.63, 3.8) is 0 Å². The molecule has 0 unspecified atom stereocenters. The summed E-state index contributed by atoms with van der Waals surface area (Å²) >= 11 is 0. The molecule has 10 atom stereocenters. The number of fused-ring (bicyclic) bond motifs is 1. The van der Waals surface area contributed by atoms with Crippen LogP contribution in [0, 0.1) is 17.8 Å². The quantitative estimate of drug-likeness (QED) is 0.0660. The van der Waals surface area contributed by atoms with Gasteiger partial charge in [0.15, 0.2) is 0 Å². The number of nitrogens with one attached hydrogen (secondary N) is 2. The lowest BCUT2D eigenvalue weighted by Gasteiger charge is -2.42. The molecular weight excluding hydrogens is 773 g/mol. The Morgan fingerprint density at radius 1 is 0.967 bits per heavy atom. The highest BCUT2D eigenvalue weighted by atomic mass is 16.4. The number of aliphatic hydroxyl groups excluding tert-OH is 5. The molecule has 0 aliphatic carbocycles. The van der Waals surface area contributed by atoms with Crippen LogP contribution in [0.4, 0.5) is 0 Å². The van der Waals surface area contributed by atoms with Gasteiger partial charge in [-0.3, -0.25) is 4.79 Å². The number of aryl methyl sites for hydroxylation is 1. The molecule has 0 amide bonds. The van der Waals surface area contributed by atoms with E-state index in [1.165, 1.54) is 0 Å². The van der Waals surface area contributed by atoms with E-state index in [4.69, 9.17) is 0 Å². The second-order valence-corrected chi connectivity index (χ2v) is 17.7. The molecule has 0 saturated carbocycles. The second kappa shape index (κ2) is 25.5. The van der Waals surface area contributed by atoms with Crippen LogP contribution in [-0.2, 0) is 11.2 Å². The summed E-state index contributed by atoms with van der Waals surface area (Å²) in [4.78, 5) is 12.0. The first-order valence-corrected chi connectivity index (χ1v) is 22.7. The van der Waals surface area contributed by atoms with E-state index < -0.39 is 54.5 Å². The molecule has 0 radical (unpaired) electrons. The van der Waals surface area contributed by atoms with E-state index in [0.29, 0.717) is 51.4 Å². The van der Waals surface area contributed by atoms with Crippen molar-refractivity contribution < 1.29 is 45.6 Å². The Morgan fingerprint density at radius 3 is 2.43 bits per heavy atom. The molecular formula is C50H74N2O9. The third-order valence-corrected chi connectivity index (χ3v) is 12.9. The molecule has 0 aromatic heterocycles. The van der Waals surface area contributed by atoms with Crippen molar-refractivity contribution in [2.24, 2.45) is 5.92 Å². The van der Waals surface area contributed by atoms with E-state index in [1.807, 2.05) is 37.3 Å². The van der Waals surface area contributed by atoms with Crippen LogP contribution < -0.4 is 10.6 Å². The molecule has 2 heterocycles. The molecule has 2 aromatic rings. The van der Waals surface area contributed by atoms with E-state index in [2.05, 4.69) is 29.4 Å². The maximum absolute atomic E-state index is 12.9. The fourth-order valence-corrected chi connectivity index (χ4v) is 9.35. The molecule has 10 N–H and O–H groups in total. The van der Waals surface area contributed by atoms with Crippen LogP contribution in [0.1, 0.15) is 140 Å². The number of phenolic OH excluding ortho intramolecular Hbond substituents is 1. The Bertz CT molecular complexity index is 1750. The number of aliphatic hydroxyl groups is 6. The van der Waals surface area contributed by atoms with Crippen LogP contribution in [0.15, 0.2) is 71.8 Å². The first-order chi connectivity index (χ1) is 29.3. The van der Waals surface area contributed by atoms with E-state index in [0.717, 1.165) is 59.9 Å². The van der Waals surface area contributed by atoms with Crippen LogP contribution in [0.3, 0.4) is 0 Å². The molecule has 2 aliphatic heterocycles. The number of carboxylic acid groups (broad SMARTS) is 1. The van der Waals surface area contributed by atoms with E-state index >= 15 is 0 Å². The number of aromatic hydroxyl groups is 1. The predicted molar refractivity (Wildman–Crippen MR) is 240 cm³/mol. The topological polar surface area (TPSA) is 203 Å². The molecule has 11 nitrogen and oxygen atoms in total. The third-order valence-electron chi connectivity index (χ3n) is 12.9. The number of aliphatic carboxylic acids is 1. The molecule has 0 bridgehead atoms. The number of carboxylic acids is 1. The van der Waals surface area contributed by atoms with Gasteiger partial charge in [0.05, 0.1) is 30.5 Å². The Balaban J connectivity index is 1.90. The van der Waals surface area contributed by atoms with Gasteiger partial charge in [-0.05, 0) is 124 Å². The van der Waals surface area contributed by atoms with Gasteiger partial charge in [0, 0.05) is 55.1 Å². The highest BCUT2D eigenvalue weighted by molar-refractivity contribution is 5.67. The standard InChI is InChI=1S/C50H74N2O9/c1-4-5-20-46(57)47(58)29-26-37-23-22-36-14-7-6-13-35(36)15-9-21-48(50(3,61)43(17-11-30-53)38-24-27-40(55)28-25-38)52-45(42(37)32-41(56)33-54)19-10-18-44-39(31-49(59)60)16-8-12-34(2)51-44/h6-7,13-14,24-29,34,39,41,43-48,51-58,61H,4-5,8,10-12,16-23,30-33H2,1-3H3,(H,59,60)/t34-,39+,41-,43+,44+,45-,46-,47+,48+,50-/m0/s1. The summed E-state index contributed by atoms with van der Waals surface area (Å²) in [6, 6.07) is 13.8. The van der Waals surface area contributed by atoms with Gasteiger partial charge < -0.3 is 51.5 Å². The zero-order valence-corrected chi connectivity index (χ0v) is 36.7. The zero-order chi connectivity index (χ0) is 44.4. The highest BCUT2D eigenvalue weighted by Gasteiger charge is 2.42. The fourth-order valence-electron chi connectivity index (χ4n) is 9.35. The normalized spacial score (nSPS) is 24.5. The number of phenols is 1. The average Bonchev–Trinajstić information content (AvgIpc) is 3.40. The molecule has 2 aliphatic rings. The minimum absolute atomic E-state index is 0.0203. The lowest BCUT2D eigenvalue weighted by molar-refractivity contribution is -0.138. The Kier molecular flexibility index (Phi) is 20.9. The number of hydrogen-bond acceptors (Lipinski definition) is 10. The van der Waals surface area contributed by atoms with Crippen LogP contribution in [0.5, 0.6) is 5.75 Å². The third kappa shape index (κ3) is 15.6. The maximum atomic E-state index is 12.9. The molecule has 338 valence electrons. The zero-order valence-electron chi connectivity index (χ0n) is 36.7. The minimum Gasteiger partial charge on any atom is -0.508 e. The molecule has 0 spiro atoms. The molecule has 11 heteroatoms. The van der Waals surface area contributed by atoms with Crippen molar-refractivity contribution in [1.82, 2.24) is 10.6 Å². The van der Waals surface area contributed by atoms with Crippen molar-refractivity contribution in [1.29, 1.82) is 0 Å². The summed E-state index contributed by atoms with van der Waals surface area (Å²) in [5.41, 5.74) is 2.83. The number of rotatable bonds is 21. The minimum atomic E-state index is -1.47. The van der Waals surface area contributed by atoms with E-state index in [-0.39, 0.29) is 49.6 Å². The smallest absolute Gasteiger partial charge is 0.303 e. The number of benzene rings is 2. The second-order valence-electron chi connectivity index (χ2n) is 17.7. The maximum Gasteiger partial charge on any atom is 0.303 e. The molecule has 2 aromatic carbocycles. The molecule has 1 saturated heterocycles. The van der Waals surface area contributed by atoms with E-state index in [9.17, 15) is 45.6 Å². The number of carbonyl (C=O) groups is 1. The summed E-state index contributed by atoms with van der Waals surface area (Å²) < 4.78 is 0. The number of unbranched alkanes of at least 4 members (excludes halogenated alkanes) is 1. The Morgan fingerprint density at radius 2 is 1.72 bits per heavy atom. The Hall–Kier alpha value is -3.57. The monoisotopic (exact) mass is 847 g/mol. The van der Waals surface area contributed by atoms with Crippen molar-refractivity contribution in [2.75, 3.05) is 13.2 Å². The van der Waals surface area contributed by atoms with Gasteiger partial charge in [-0.25, -0.2) is 0 Å². The van der Waals surface area contributed by atoms with Crippen LogP contribution in [-0.4, -0.2) is 108 Å². The van der Waals surface area contributed by atoms with Crippen LogP contribution in [0.2, 0.25) is 0 Å². The summed E-state index contributed by atoms with van der Waals surface area (Å²) in [5, 5.41) is 94.0. The fraction of sp³-hybridized carbons (Fsp3) is 0.620. The lowest BCUT2D eigenvalue weighted by atomic mass is 9.74. The van der Waals surface area contributed by atoms with Crippen molar-refractivity contribution in [3.05, 3.63) is 88.5 Å². The summed E-state index contributed by atoms with van der Waals surface area (Å²) in [6.07, 6.45) is 9.37. The first-order valence-electron chi connectivity index (χ1n) is 22.7. The van der Waals surface area contributed by atoms with Gasteiger partial charge in [-0.15, -0.1) is 0 Å². The van der Waals surface area contributed by atoms with Gasteiger partial charge in [-0.2, -0.15) is 0 Å². The first kappa shape index (κ1) is 50.1. The van der Waals surface area contributed by atoms with Crippen molar-refractivity contribution in [3.8, 4) is 17.6 Å². The average molecular weight is 847 g/mol. The largest absolute Gasteiger partial charge is 0.508 e. The van der Waals surface area contributed by atoms with Gasteiger partial charge in [0.2, 0.25) is 0 Å². The summed E-state index contributed by atoms with van der Waals surface area (Å²) in [6.45, 7) is 5.40. The van der Waals surface area contributed by atoms with E-state index in [1.54, 1.807) is 37.3 Å². The number of hydrogen-bond donors (Lipinski definition) is 10. The lowest BCUT2D eigenvalue weighted by Crippen LogP contribution is -2.56. The van der Waals surface area contributed by atoms with Gasteiger partial charge in [-0.1, -0.05) is 86.9 Å². The van der Waals surface area contributed by atoms with Gasteiger partial charge in [0.1, 0.15) is 5.75 Å². The summed E-state index contributed by atoms with van der Waals surface area (Å²) in [7, 11) is 0. The molecule has 61 heavy (non-hydrogen) atoms. The van der Waals surface area contributed by atoms with Crippen molar-refractivity contribution in [2.45, 2.75) is 178 Å².